The second-order valence-electron chi connectivity index (χ2n) is 3.44. The van der Waals surface area contributed by atoms with Gasteiger partial charge in [0.15, 0.2) is 10.8 Å². The van der Waals surface area contributed by atoms with Crippen LogP contribution >= 0.6 is 11.3 Å². The van der Waals surface area contributed by atoms with Gasteiger partial charge in [-0.25, -0.2) is 4.98 Å². The SMILES string of the molecule is Cc1cc(NC(=O)c2nc(C)c(C)s2)no1. The molecule has 0 aliphatic carbocycles. The Bertz CT molecular complexity index is 510. The molecule has 0 aliphatic heterocycles. The van der Waals surface area contributed by atoms with Crippen molar-refractivity contribution in [2.24, 2.45) is 0 Å². The van der Waals surface area contributed by atoms with Crippen molar-refractivity contribution in [2.75, 3.05) is 5.32 Å². The van der Waals surface area contributed by atoms with E-state index in [0.717, 1.165) is 10.6 Å². The van der Waals surface area contributed by atoms with Crippen LogP contribution in [-0.2, 0) is 0 Å². The molecule has 1 amide bonds. The second kappa shape index (κ2) is 4.05. The maximum absolute atomic E-state index is 11.7. The summed E-state index contributed by atoms with van der Waals surface area (Å²) >= 11 is 1.37. The Labute approximate surface area is 96.5 Å². The lowest BCUT2D eigenvalue weighted by molar-refractivity contribution is 0.102. The molecule has 16 heavy (non-hydrogen) atoms. The van der Waals surface area contributed by atoms with Crippen molar-refractivity contribution in [1.29, 1.82) is 0 Å². The number of amides is 1. The first kappa shape index (κ1) is 10.8. The maximum Gasteiger partial charge on any atom is 0.285 e. The first-order valence-corrected chi connectivity index (χ1v) is 5.56. The fourth-order valence-corrected chi connectivity index (χ4v) is 1.97. The van der Waals surface area contributed by atoms with E-state index in [2.05, 4.69) is 15.5 Å². The first-order valence-electron chi connectivity index (χ1n) is 4.75. The van der Waals surface area contributed by atoms with Crippen molar-refractivity contribution in [2.45, 2.75) is 20.8 Å². The van der Waals surface area contributed by atoms with E-state index in [1.165, 1.54) is 11.3 Å². The highest BCUT2D eigenvalue weighted by molar-refractivity contribution is 7.13. The molecule has 0 saturated heterocycles. The monoisotopic (exact) mass is 237 g/mol. The van der Waals surface area contributed by atoms with Gasteiger partial charge in [0.05, 0.1) is 5.69 Å². The third kappa shape index (κ3) is 2.11. The lowest BCUT2D eigenvalue weighted by atomic mass is 10.4. The highest BCUT2D eigenvalue weighted by atomic mass is 32.1. The number of hydrogen-bond donors (Lipinski definition) is 1. The molecule has 0 aromatic carbocycles. The number of hydrogen-bond acceptors (Lipinski definition) is 5. The molecule has 0 radical (unpaired) electrons. The zero-order chi connectivity index (χ0) is 11.7. The summed E-state index contributed by atoms with van der Waals surface area (Å²) in [5.74, 6) is 0.810. The lowest BCUT2D eigenvalue weighted by Crippen LogP contribution is -2.11. The highest BCUT2D eigenvalue weighted by Gasteiger charge is 2.13. The van der Waals surface area contributed by atoms with Crippen LogP contribution in [-0.4, -0.2) is 16.0 Å². The summed E-state index contributed by atoms with van der Waals surface area (Å²) in [6, 6.07) is 1.66. The Morgan fingerprint density at radius 2 is 2.19 bits per heavy atom. The van der Waals surface area contributed by atoms with E-state index in [0.29, 0.717) is 16.6 Å². The molecule has 0 atom stereocenters. The predicted octanol–water partition coefficient (Wildman–Crippen LogP) is 2.31. The van der Waals surface area contributed by atoms with Crippen molar-refractivity contribution >= 4 is 23.1 Å². The molecule has 2 aromatic rings. The average molecular weight is 237 g/mol. The van der Waals surface area contributed by atoms with Crippen LogP contribution in [0.1, 0.15) is 26.1 Å². The topological polar surface area (TPSA) is 68.0 Å². The molecule has 0 saturated carbocycles. The van der Waals surface area contributed by atoms with Crippen LogP contribution in [0, 0.1) is 20.8 Å². The van der Waals surface area contributed by atoms with Crippen LogP contribution in [0.5, 0.6) is 0 Å². The zero-order valence-electron chi connectivity index (χ0n) is 9.20. The molecule has 2 aromatic heterocycles. The van der Waals surface area contributed by atoms with Crippen molar-refractivity contribution in [3.63, 3.8) is 0 Å². The quantitative estimate of drug-likeness (QED) is 0.870. The van der Waals surface area contributed by atoms with Gasteiger partial charge >= 0.3 is 0 Å². The minimum atomic E-state index is -0.255. The van der Waals surface area contributed by atoms with Gasteiger partial charge in [0.1, 0.15) is 5.76 Å². The summed E-state index contributed by atoms with van der Waals surface area (Å²) in [5, 5.41) is 6.74. The second-order valence-corrected chi connectivity index (χ2v) is 4.64. The van der Waals surface area contributed by atoms with Crippen molar-refractivity contribution in [3.05, 3.63) is 27.4 Å². The van der Waals surface area contributed by atoms with Gasteiger partial charge in [-0.15, -0.1) is 11.3 Å². The van der Waals surface area contributed by atoms with Crippen molar-refractivity contribution in [1.82, 2.24) is 10.1 Å². The Kier molecular flexibility index (Phi) is 2.74. The molecular weight excluding hydrogens is 226 g/mol. The molecule has 5 nitrogen and oxygen atoms in total. The molecule has 2 rings (SSSR count). The van der Waals surface area contributed by atoms with Gasteiger partial charge < -0.3 is 9.84 Å². The van der Waals surface area contributed by atoms with Gasteiger partial charge in [0.2, 0.25) is 0 Å². The third-order valence-corrected chi connectivity index (χ3v) is 3.16. The number of nitrogens with zero attached hydrogens (tertiary/aromatic N) is 2. The molecular formula is C10H11N3O2S. The summed E-state index contributed by atoms with van der Waals surface area (Å²) in [7, 11) is 0. The van der Waals surface area contributed by atoms with E-state index in [9.17, 15) is 4.79 Å². The number of carbonyl (C=O) groups excluding carboxylic acids is 1. The minimum absolute atomic E-state index is 0.255. The van der Waals surface area contributed by atoms with Gasteiger partial charge in [-0.1, -0.05) is 5.16 Å². The largest absolute Gasteiger partial charge is 0.360 e. The number of carbonyl (C=O) groups is 1. The van der Waals surface area contributed by atoms with Gasteiger partial charge in [-0.05, 0) is 20.8 Å². The van der Waals surface area contributed by atoms with Crippen molar-refractivity contribution < 1.29 is 9.32 Å². The fourth-order valence-electron chi connectivity index (χ4n) is 1.16. The zero-order valence-corrected chi connectivity index (χ0v) is 10.0. The van der Waals surface area contributed by atoms with Gasteiger partial charge in [-0.3, -0.25) is 4.79 Å². The average Bonchev–Trinajstić information content (AvgIpc) is 2.75. The molecule has 2 heterocycles. The summed E-state index contributed by atoms with van der Waals surface area (Å²) < 4.78 is 4.85. The third-order valence-electron chi connectivity index (χ3n) is 2.09. The molecule has 6 heteroatoms. The van der Waals surface area contributed by atoms with Crippen LogP contribution in [0.3, 0.4) is 0 Å². The molecule has 1 N–H and O–H groups in total. The van der Waals surface area contributed by atoms with Gasteiger partial charge in [-0.2, -0.15) is 0 Å². The van der Waals surface area contributed by atoms with Crippen LogP contribution in [0.25, 0.3) is 0 Å². The minimum Gasteiger partial charge on any atom is -0.360 e. The van der Waals surface area contributed by atoms with E-state index in [1.54, 1.807) is 13.0 Å². The van der Waals surface area contributed by atoms with E-state index < -0.39 is 0 Å². The number of rotatable bonds is 2. The predicted molar refractivity (Wildman–Crippen MR) is 60.8 cm³/mol. The summed E-state index contributed by atoms with van der Waals surface area (Å²) in [6.07, 6.45) is 0. The number of anilines is 1. The van der Waals surface area contributed by atoms with E-state index in [-0.39, 0.29) is 5.91 Å². The molecule has 0 aliphatic rings. The normalized spacial score (nSPS) is 10.4. The summed E-state index contributed by atoms with van der Waals surface area (Å²) in [6.45, 7) is 5.58. The molecule has 0 spiro atoms. The Balaban J connectivity index is 2.14. The summed E-state index contributed by atoms with van der Waals surface area (Å²) in [5.41, 5.74) is 0.881. The number of aryl methyl sites for hydroxylation is 3. The Morgan fingerprint density at radius 3 is 2.69 bits per heavy atom. The van der Waals surface area contributed by atoms with E-state index in [4.69, 9.17) is 4.52 Å². The first-order chi connectivity index (χ1) is 7.56. The standard InChI is InChI=1S/C10H11N3O2S/c1-5-4-8(13-15-5)12-9(14)10-11-6(2)7(3)16-10/h4H,1-3H3,(H,12,13,14). The molecule has 0 bridgehead atoms. The lowest BCUT2D eigenvalue weighted by Gasteiger charge is -1.95. The Morgan fingerprint density at radius 1 is 1.44 bits per heavy atom. The van der Waals surface area contributed by atoms with Gasteiger partial charge in [0, 0.05) is 10.9 Å². The van der Waals surface area contributed by atoms with Crippen molar-refractivity contribution in [3.8, 4) is 0 Å². The Hall–Kier alpha value is -1.69. The summed E-state index contributed by atoms with van der Waals surface area (Å²) in [4.78, 5) is 16.9. The van der Waals surface area contributed by atoms with Crippen LogP contribution in [0.4, 0.5) is 5.82 Å². The van der Waals surface area contributed by atoms with E-state index >= 15 is 0 Å². The fraction of sp³-hybridized carbons (Fsp3) is 0.300. The number of aromatic nitrogens is 2. The maximum atomic E-state index is 11.7. The van der Waals surface area contributed by atoms with Crippen LogP contribution in [0.15, 0.2) is 10.6 Å². The molecule has 0 unspecified atom stereocenters. The van der Waals surface area contributed by atoms with Crippen LogP contribution < -0.4 is 5.32 Å². The molecule has 84 valence electrons. The number of thiazole rings is 1. The smallest absolute Gasteiger partial charge is 0.285 e. The number of nitrogens with one attached hydrogen (secondary N) is 1. The van der Waals surface area contributed by atoms with E-state index in [1.807, 2.05) is 13.8 Å². The highest BCUT2D eigenvalue weighted by Crippen LogP contribution is 2.17. The molecule has 0 fully saturated rings. The van der Waals surface area contributed by atoms with Crippen LogP contribution in [0.2, 0.25) is 0 Å². The van der Waals surface area contributed by atoms with Gasteiger partial charge in [0.25, 0.3) is 5.91 Å².